The number of unbranched alkanes of at least 4 members (excludes halogenated alkanes) is 2. The number of hydrogen-bond donors (Lipinski definition) is 0. The van der Waals surface area contributed by atoms with Crippen molar-refractivity contribution in [2.45, 2.75) is 73.1 Å². The van der Waals surface area contributed by atoms with Gasteiger partial charge in [0.2, 0.25) is 0 Å². The number of allylic oxidation sites excluding steroid dienone is 3. The zero-order valence-corrected chi connectivity index (χ0v) is 15.7. The van der Waals surface area contributed by atoms with Gasteiger partial charge in [-0.1, -0.05) is 43.9 Å². The molecule has 0 atom stereocenters. The lowest BCUT2D eigenvalue weighted by atomic mass is 10.1. The van der Waals surface area contributed by atoms with E-state index in [1.54, 1.807) is 5.06 Å². The molecule has 22 heavy (non-hydrogen) atoms. The molecule has 0 N–H and O–H groups in total. The van der Waals surface area contributed by atoms with Gasteiger partial charge in [-0.05, 0) is 46.5 Å². The van der Waals surface area contributed by atoms with Crippen LogP contribution in [0.25, 0.3) is 0 Å². The molecule has 0 amide bonds. The summed E-state index contributed by atoms with van der Waals surface area (Å²) in [7, 11) is -3.65. The van der Waals surface area contributed by atoms with E-state index in [0.717, 1.165) is 44.1 Å². The van der Waals surface area contributed by atoms with Gasteiger partial charge in [0.25, 0.3) is 0 Å². The average molecular weight is 332 g/mol. The molecule has 0 aromatic carbocycles. The van der Waals surface area contributed by atoms with Gasteiger partial charge in [-0.15, -0.1) is 0 Å². The topological polar surface area (TPSA) is 46.6 Å². The maximum atomic E-state index is 12.1. The summed E-state index contributed by atoms with van der Waals surface area (Å²) >= 11 is 0. The van der Waals surface area contributed by atoms with Gasteiger partial charge in [-0.3, -0.25) is 0 Å². The Hall–Kier alpha value is -0.650. The van der Waals surface area contributed by atoms with Crippen molar-refractivity contribution in [3.8, 4) is 0 Å². The van der Waals surface area contributed by atoms with Crippen molar-refractivity contribution in [3.05, 3.63) is 22.6 Å². The van der Waals surface area contributed by atoms with Crippen molar-refractivity contribution in [1.82, 2.24) is 5.06 Å². The van der Waals surface area contributed by atoms with Crippen molar-refractivity contribution in [1.29, 1.82) is 0 Å². The van der Waals surface area contributed by atoms with Crippen LogP contribution >= 0.6 is 0 Å². The summed E-state index contributed by atoms with van der Waals surface area (Å²) in [5.74, 6) is 0. The van der Waals surface area contributed by atoms with E-state index in [-0.39, 0.29) is 0 Å². The van der Waals surface area contributed by atoms with Gasteiger partial charge in [0, 0.05) is 13.1 Å². The number of nitrogens with zero attached hydrogens (tertiary/aromatic N) is 1. The predicted octanol–water partition coefficient (Wildman–Crippen LogP) is 4.80. The molecule has 0 unspecified atom stereocenters. The third-order valence-electron chi connectivity index (χ3n) is 3.17. The third-order valence-corrected chi connectivity index (χ3v) is 4.28. The van der Waals surface area contributed by atoms with Gasteiger partial charge in [0.1, 0.15) is 0 Å². The molecule has 0 aromatic rings. The molecule has 0 aliphatic carbocycles. The summed E-state index contributed by atoms with van der Waals surface area (Å²) in [4.78, 5) is 0. The van der Waals surface area contributed by atoms with Crippen LogP contribution in [0.1, 0.15) is 73.1 Å². The van der Waals surface area contributed by atoms with E-state index in [9.17, 15) is 8.42 Å². The first-order valence-corrected chi connectivity index (χ1v) is 9.78. The van der Waals surface area contributed by atoms with E-state index in [1.165, 1.54) is 11.0 Å². The maximum absolute atomic E-state index is 12.1. The molecule has 5 heteroatoms. The monoisotopic (exact) mass is 331 g/mol. The molecule has 0 saturated carbocycles. The summed E-state index contributed by atoms with van der Waals surface area (Å²) < 4.78 is 29.5. The van der Waals surface area contributed by atoms with Gasteiger partial charge in [-0.2, -0.15) is 17.8 Å². The minimum Gasteiger partial charge on any atom is -0.193 e. The Kier molecular flexibility index (Phi) is 11.5. The highest BCUT2D eigenvalue weighted by Gasteiger charge is 2.15. The van der Waals surface area contributed by atoms with E-state index in [4.69, 9.17) is 4.28 Å². The summed E-state index contributed by atoms with van der Waals surface area (Å²) in [6, 6.07) is 0. The van der Waals surface area contributed by atoms with Crippen LogP contribution in [0, 0.1) is 0 Å². The molecule has 4 nitrogen and oxygen atoms in total. The molecule has 0 radical (unpaired) electrons. The minimum atomic E-state index is -3.65. The number of hydroxylamine groups is 2. The van der Waals surface area contributed by atoms with E-state index in [0.29, 0.717) is 13.1 Å². The first-order chi connectivity index (χ1) is 10.3. The fourth-order valence-corrected chi connectivity index (χ4v) is 3.01. The van der Waals surface area contributed by atoms with E-state index in [1.807, 2.05) is 20.8 Å². The third kappa shape index (κ3) is 12.0. The average Bonchev–Trinajstić information content (AvgIpc) is 2.40. The quantitative estimate of drug-likeness (QED) is 0.381. The first-order valence-electron chi connectivity index (χ1n) is 8.30. The zero-order chi connectivity index (χ0) is 17.0. The lowest BCUT2D eigenvalue weighted by Crippen LogP contribution is -2.29. The molecule has 0 fully saturated rings. The summed E-state index contributed by atoms with van der Waals surface area (Å²) in [5.41, 5.74) is 2.07. The number of hydrogen-bond acceptors (Lipinski definition) is 4. The molecular formula is C17H33NO3S. The second kappa shape index (κ2) is 11.9. The highest BCUT2D eigenvalue weighted by atomic mass is 32.2. The molecule has 0 spiro atoms. The molecule has 0 aliphatic rings. The Bertz CT molecular complexity index is 441. The highest BCUT2D eigenvalue weighted by molar-refractivity contribution is 7.89. The van der Waals surface area contributed by atoms with E-state index < -0.39 is 10.1 Å². The molecule has 0 rings (SSSR count). The Morgan fingerprint density at radius 1 is 1.05 bits per heavy atom. The van der Waals surface area contributed by atoms with Crippen molar-refractivity contribution >= 4 is 10.1 Å². The fraction of sp³-hybridized carbons (Fsp3) is 0.765. The van der Waals surface area contributed by atoms with Gasteiger partial charge in [-0.25, -0.2) is 0 Å². The summed E-state index contributed by atoms with van der Waals surface area (Å²) in [6.07, 6.45) is 7.60. The van der Waals surface area contributed by atoms with E-state index in [2.05, 4.69) is 19.9 Å². The fourth-order valence-electron chi connectivity index (χ4n) is 1.92. The first kappa shape index (κ1) is 21.4. The zero-order valence-electron chi connectivity index (χ0n) is 14.9. The lowest BCUT2D eigenvalue weighted by molar-refractivity contribution is -0.0516. The Morgan fingerprint density at radius 2 is 1.59 bits per heavy atom. The normalized spacial score (nSPS) is 12.7. The number of rotatable bonds is 12. The van der Waals surface area contributed by atoms with Crippen molar-refractivity contribution in [2.75, 3.05) is 13.1 Å². The smallest absolute Gasteiger partial charge is 0.193 e. The molecule has 130 valence electrons. The molecule has 0 aromatic heterocycles. The van der Waals surface area contributed by atoms with Crippen LogP contribution in [0.5, 0.6) is 0 Å². The Balaban J connectivity index is 4.62. The predicted molar refractivity (Wildman–Crippen MR) is 93.8 cm³/mol. The Labute approximate surface area is 137 Å². The summed E-state index contributed by atoms with van der Waals surface area (Å²) in [6.45, 7) is 11.4. The van der Waals surface area contributed by atoms with Crippen LogP contribution in [0.2, 0.25) is 0 Å². The maximum Gasteiger partial charge on any atom is 0.306 e. The van der Waals surface area contributed by atoms with Crippen LogP contribution in [-0.2, 0) is 14.4 Å². The van der Waals surface area contributed by atoms with Crippen LogP contribution < -0.4 is 0 Å². The molecular weight excluding hydrogens is 298 g/mol. The van der Waals surface area contributed by atoms with Crippen molar-refractivity contribution in [3.63, 3.8) is 0 Å². The highest BCUT2D eigenvalue weighted by Crippen LogP contribution is 2.12. The van der Waals surface area contributed by atoms with Crippen LogP contribution in [0.3, 0.4) is 0 Å². The van der Waals surface area contributed by atoms with Crippen molar-refractivity contribution in [2.24, 2.45) is 0 Å². The van der Waals surface area contributed by atoms with Crippen LogP contribution in [0.15, 0.2) is 22.6 Å². The second-order valence-electron chi connectivity index (χ2n) is 5.99. The van der Waals surface area contributed by atoms with Gasteiger partial charge >= 0.3 is 10.1 Å². The minimum absolute atomic E-state index is 0.653. The molecule has 0 saturated heterocycles. The standard InChI is InChI=1S/C17H33NO3S/c1-6-8-13-18(14-9-7-2)21-22(19,20)15-17(5)12-10-11-16(3)4/h11,15H,6-10,12-14H2,1-5H3. The SMILES string of the molecule is CCCCN(CCCC)OS(=O)(=O)C=C(C)CCC=C(C)C. The summed E-state index contributed by atoms with van der Waals surface area (Å²) in [5, 5.41) is 2.85. The van der Waals surface area contributed by atoms with Gasteiger partial charge in [0.05, 0.1) is 5.41 Å². The molecule has 0 heterocycles. The van der Waals surface area contributed by atoms with Gasteiger partial charge in [0.15, 0.2) is 0 Å². The van der Waals surface area contributed by atoms with Crippen LogP contribution in [0.4, 0.5) is 0 Å². The van der Waals surface area contributed by atoms with E-state index >= 15 is 0 Å². The second-order valence-corrected chi connectivity index (χ2v) is 7.36. The van der Waals surface area contributed by atoms with Gasteiger partial charge < -0.3 is 0 Å². The molecule has 0 bridgehead atoms. The lowest BCUT2D eigenvalue weighted by Gasteiger charge is -2.19. The largest absolute Gasteiger partial charge is 0.306 e. The molecule has 0 aliphatic heterocycles. The Morgan fingerprint density at radius 3 is 2.05 bits per heavy atom. The van der Waals surface area contributed by atoms with Crippen molar-refractivity contribution < 1.29 is 12.7 Å². The van der Waals surface area contributed by atoms with Crippen LogP contribution in [-0.4, -0.2) is 26.6 Å².